The first kappa shape index (κ1) is 17.5. The summed E-state index contributed by atoms with van der Waals surface area (Å²) >= 11 is 0. The van der Waals surface area contributed by atoms with Crippen molar-refractivity contribution in [2.45, 2.75) is 59.4 Å². The zero-order valence-electron chi connectivity index (χ0n) is 13.2. The van der Waals surface area contributed by atoms with Gasteiger partial charge in [0, 0.05) is 12.5 Å². The van der Waals surface area contributed by atoms with Gasteiger partial charge in [-0.25, -0.2) is 4.79 Å². The predicted molar refractivity (Wildman–Crippen MR) is 78.7 cm³/mol. The Hall–Kier alpha value is -1.59. The van der Waals surface area contributed by atoms with Crippen LogP contribution in [0.2, 0.25) is 0 Å². The van der Waals surface area contributed by atoms with Crippen LogP contribution in [0.4, 0.5) is 4.79 Å². The van der Waals surface area contributed by atoms with Gasteiger partial charge < -0.3 is 10.4 Å². The molecule has 6 heteroatoms. The van der Waals surface area contributed by atoms with Crippen LogP contribution in [0.1, 0.15) is 53.4 Å². The summed E-state index contributed by atoms with van der Waals surface area (Å²) in [5.41, 5.74) is -1.18. The van der Waals surface area contributed by atoms with Gasteiger partial charge in [0.05, 0.1) is 5.41 Å². The van der Waals surface area contributed by atoms with Crippen molar-refractivity contribution < 1.29 is 19.5 Å². The lowest BCUT2D eigenvalue weighted by atomic mass is 9.80. The van der Waals surface area contributed by atoms with Gasteiger partial charge in [0.1, 0.15) is 0 Å². The molecule has 1 fully saturated rings. The average molecular weight is 298 g/mol. The highest BCUT2D eigenvalue weighted by Crippen LogP contribution is 2.28. The van der Waals surface area contributed by atoms with E-state index in [9.17, 15) is 14.4 Å². The van der Waals surface area contributed by atoms with E-state index in [2.05, 4.69) is 24.5 Å². The molecule has 1 saturated carbocycles. The first-order chi connectivity index (χ1) is 9.60. The summed E-state index contributed by atoms with van der Waals surface area (Å²) in [6, 6.07) is -0.462. The zero-order valence-corrected chi connectivity index (χ0v) is 13.2. The Morgan fingerprint density at radius 1 is 1.10 bits per heavy atom. The molecule has 0 aromatic carbocycles. The van der Waals surface area contributed by atoms with Gasteiger partial charge in [-0.05, 0) is 44.9 Å². The molecule has 0 aromatic heterocycles. The van der Waals surface area contributed by atoms with Gasteiger partial charge in [-0.15, -0.1) is 0 Å². The first-order valence-corrected chi connectivity index (χ1v) is 7.44. The molecule has 0 heterocycles. The molecule has 21 heavy (non-hydrogen) atoms. The lowest BCUT2D eigenvalue weighted by Gasteiger charge is -2.31. The number of nitrogens with one attached hydrogen (secondary N) is 2. The number of carbonyl (C=O) groups is 3. The summed E-state index contributed by atoms with van der Waals surface area (Å²) < 4.78 is 0. The molecule has 1 aliphatic rings. The van der Waals surface area contributed by atoms with E-state index in [1.54, 1.807) is 0 Å². The smallest absolute Gasteiger partial charge is 0.321 e. The molecule has 2 atom stereocenters. The lowest BCUT2D eigenvalue weighted by Crippen LogP contribution is -2.47. The van der Waals surface area contributed by atoms with Gasteiger partial charge >= 0.3 is 12.0 Å². The van der Waals surface area contributed by atoms with E-state index in [0.717, 1.165) is 19.3 Å². The quantitative estimate of drug-likeness (QED) is 0.741. The first-order valence-electron chi connectivity index (χ1n) is 7.44. The minimum atomic E-state index is -1.18. The molecule has 0 radical (unpaired) electrons. The van der Waals surface area contributed by atoms with E-state index in [-0.39, 0.29) is 12.5 Å². The number of hydrogen-bond acceptors (Lipinski definition) is 3. The van der Waals surface area contributed by atoms with Crippen LogP contribution in [0, 0.1) is 17.3 Å². The third-order valence-corrected chi connectivity index (χ3v) is 3.95. The number of hydrogen-bond donors (Lipinski definition) is 3. The molecular formula is C15H26N2O4. The molecule has 1 aliphatic carbocycles. The van der Waals surface area contributed by atoms with Crippen molar-refractivity contribution in [2.24, 2.45) is 17.3 Å². The molecule has 6 nitrogen and oxygen atoms in total. The number of carbonyl (C=O) groups excluding carboxylic acids is 2. The maximum Gasteiger partial charge on any atom is 0.321 e. The summed E-state index contributed by atoms with van der Waals surface area (Å²) in [5.74, 6) is -0.522. The summed E-state index contributed by atoms with van der Waals surface area (Å²) in [5, 5.41) is 14.0. The number of aliphatic carboxylic acids is 1. The van der Waals surface area contributed by atoms with Crippen LogP contribution in [0.5, 0.6) is 0 Å². The fourth-order valence-electron chi connectivity index (χ4n) is 2.93. The van der Waals surface area contributed by atoms with Crippen molar-refractivity contribution in [1.29, 1.82) is 0 Å². The fourth-order valence-corrected chi connectivity index (χ4v) is 2.93. The van der Waals surface area contributed by atoms with Crippen LogP contribution < -0.4 is 10.6 Å². The average Bonchev–Trinajstić information content (AvgIpc) is 2.25. The Balaban J connectivity index is 2.43. The van der Waals surface area contributed by atoms with Crippen molar-refractivity contribution >= 4 is 17.9 Å². The van der Waals surface area contributed by atoms with Crippen LogP contribution in [-0.2, 0) is 9.59 Å². The number of carboxylic acids is 1. The van der Waals surface area contributed by atoms with E-state index >= 15 is 0 Å². The summed E-state index contributed by atoms with van der Waals surface area (Å²) in [4.78, 5) is 34.5. The van der Waals surface area contributed by atoms with Crippen molar-refractivity contribution in [3.63, 3.8) is 0 Å². The lowest BCUT2D eigenvalue weighted by molar-refractivity contribution is -0.149. The number of rotatable bonds is 4. The molecule has 0 aromatic rings. The van der Waals surface area contributed by atoms with Gasteiger partial charge in [0.2, 0.25) is 5.91 Å². The topological polar surface area (TPSA) is 95.5 Å². The van der Waals surface area contributed by atoms with Crippen LogP contribution in [0.15, 0.2) is 0 Å². The standard InChI is InChI=1S/C15H26N2O4/c1-9-5-10(2)7-11(6-9)16-14(21)17-12(18)8-15(3,4)13(19)20/h9-11H,5-8H2,1-4H3,(H,19,20)(H2,16,17,18,21). The molecule has 2 unspecified atom stereocenters. The van der Waals surface area contributed by atoms with Gasteiger partial charge in [-0.2, -0.15) is 0 Å². The normalized spacial score (nSPS) is 26.0. The number of urea groups is 1. The van der Waals surface area contributed by atoms with Crippen molar-refractivity contribution in [1.82, 2.24) is 10.6 Å². The second kappa shape index (κ2) is 6.91. The zero-order chi connectivity index (χ0) is 16.2. The highest BCUT2D eigenvalue weighted by atomic mass is 16.4. The number of imide groups is 1. The molecule has 0 aliphatic heterocycles. The van der Waals surface area contributed by atoms with Gasteiger partial charge in [0.15, 0.2) is 0 Å². The van der Waals surface area contributed by atoms with Crippen LogP contribution in [0.25, 0.3) is 0 Å². The maximum absolute atomic E-state index is 11.8. The molecule has 1 rings (SSSR count). The highest BCUT2D eigenvalue weighted by molar-refractivity contribution is 5.96. The van der Waals surface area contributed by atoms with E-state index < -0.39 is 23.3 Å². The minimum absolute atomic E-state index is 0.0732. The van der Waals surface area contributed by atoms with E-state index in [0.29, 0.717) is 11.8 Å². The Kier molecular flexibility index (Phi) is 5.75. The molecule has 3 N–H and O–H groups in total. The van der Waals surface area contributed by atoms with Gasteiger partial charge in [0.25, 0.3) is 0 Å². The number of amides is 3. The van der Waals surface area contributed by atoms with E-state index in [1.807, 2.05) is 0 Å². The SMILES string of the molecule is CC1CC(C)CC(NC(=O)NC(=O)CC(C)(C)C(=O)O)C1. The second-order valence-electron chi connectivity index (χ2n) is 7.00. The molecule has 3 amide bonds. The van der Waals surface area contributed by atoms with E-state index in [4.69, 9.17) is 5.11 Å². The molecule has 0 spiro atoms. The predicted octanol–water partition coefficient (Wildman–Crippen LogP) is 2.14. The Morgan fingerprint density at radius 2 is 1.62 bits per heavy atom. The third kappa shape index (κ3) is 5.73. The van der Waals surface area contributed by atoms with Crippen LogP contribution in [0.3, 0.4) is 0 Å². The van der Waals surface area contributed by atoms with E-state index in [1.165, 1.54) is 13.8 Å². The minimum Gasteiger partial charge on any atom is -0.481 e. The Morgan fingerprint density at radius 3 is 2.10 bits per heavy atom. The highest BCUT2D eigenvalue weighted by Gasteiger charge is 2.31. The summed E-state index contributed by atoms with van der Waals surface area (Å²) in [6.45, 7) is 7.22. The third-order valence-electron chi connectivity index (χ3n) is 3.95. The Labute approximate surface area is 125 Å². The fraction of sp³-hybridized carbons (Fsp3) is 0.800. The summed E-state index contributed by atoms with van der Waals surface area (Å²) in [6.07, 6.45) is 2.75. The largest absolute Gasteiger partial charge is 0.481 e. The van der Waals surface area contributed by atoms with Crippen molar-refractivity contribution in [2.75, 3.05) is 0 Å². The monoisotopic (exact) mass is 298 g/mol. The van der Waals surface area contributed by atoms with Gasteiger partial charge in [-0.3, -0.25) is 14.9 Å². The maximum atomic E-state index is 11.8. The molecule has 120 valence electrons. The van der Waals surface area contributed by atoms with Crippen LogP contribution in [-0.4, -0.2) is 29.1 Å². The molecular weight excluding hydrogens is 272 g/mol. The second-order valence-corrected chi connectivity index (χ2v) is 7.00. The molecule has 0 bridgehead atoms. The van der Waals surface area contributed by atoms with Crippen molar-refractivity contribution in [3.8, 4) is 0 Å². The Bertz CT molecular complexity index is 410. The van der Waals surface area contributed by atoms with Gasteiger partial charge in [-0.1, -0.05) is 13.8 Å². The van der Waals surface area contributed by atoms with Crippen molar-refractivity contribution in [3.05, 3.63) is 0 Å². The van der Waals surface area contributed by atoms with Crippen LogP contribution >= 0.6 is 0 Å². The summed E-state index contributed by atoms with van der Waals surface area (Å²) in [7, 11) is 0. The number of carboxylic acid groups (broad SMARTS) is 1. The molecule has 0 saturated heterocycles.